The van der Waals surface area contributed by atoms with E-state index >= 15 is 0 Å². The van der Waals surface area contributed by atoms with Crippen molar-refractivity contribution in [2.24, 2.45) is 0 Å². The lowest BCUT2D eigenvalue weighted by molar-refractivity contribution is 1.28. The molecule has 0 saturated carbocycles. The maximum Gasteiger partial charge on any atom is 0.0708 e. The van der Waals surface area contributed by atoms with E-state index in [1.54, 1.807) is 0 Å². The molecular formula is C34H26N2. The molecule has 1 N–H and O–H groups in total. The number of nitrogens with zero attached hydrogens (tertiary/aromatic N) is 1. The first-order valence-corrected chi connectivity index (χ1v) is 12.2. The Balaban J connectivity index is 1.59. The minimum Gasteiger partial charge on any atom is -0.353 e. The number of para-hydroxylation sites is 4. The third-order valence-electron chi connectivity index (χ3n) is 6.42. The van der Waals surface area contributed by atoms with Gasteiger partial charge >= 0.3 is 0 Å². The number of benzene rings is 6. The zero-order valence-corrected chi connectivity index (χ0v) is 19.9. The second-order valence-electron chi connectivity index (χ2n) is 8.76. The highest BCUT2D eigenvalue weighted by Crippen LogP contribution is 2.44. The van der Waals surface area contributed by atoms with Gasteiger partial charge in [0.05, 0.1) is 11.4 Å². The third-order valence-corrected chi connectivity index (χ3v) is 6.42. The fraction of sp³-hybridized carbons (Fsp3) is 0. The number of hydrogen-bond donors (Lipinski definition) is 1. The van der Waals surface area contributed by atoms with Crippen molar-refractivity contribution in [3.8, 4) is 11.1 Å². The molecule has 36 heavy (non-hydrogen) atoms. The fourth-order valence-corrected chi connectivity index (χ4v) is 4.70. The Kier molecular flexibility index (Phi) is 5.91. The number of hydrogen-bond acceptors (Lipinski definition) is 2. The molecule has 2 heteroatoms. The Morgan fingerprint density at radius 3 is 1.69 bits per heavy atom. The van der Waals surface area contributed by atoms with Crippen molar-refractivity contribution in [1.29, 1.82) is 0 Å². The van der Waals surface area contributed by atoms with E-state index in [9.17, 15) is 0 Å². The van der Waals surface area contributed by atoms with E-state index in [0.717, 1.165) is 34.0 Å². The Morgan fingerprint density at radius 1 is 0.444 bits per heavy atom. The Hall–Kier alpha value is -4.82. The number of rotatable bonds is 6. The van der Waals surface area contributed by atoms with Crippen molar-refractivity contribution < 1.29 is 0 Å². The zero-order chi connectivity index (χ0) is 24.2. The summed E-state index contributed by atoms with van der Waals surface area (Å²) in [6.07, 6.45) is 0. The summed E-state index contributed by atoms with van der Waals surface area (Å²) in [5.41, 5.74) is 7.74. The van der Waals surface area contributed by atoms with E-state index in [1.807, 2.05) is 6.07 Å². The molecular weight excluding hydrogens is 436 g/mol. The topological polar surface area (TPSA) is 15.3 Å². The van der Waals surface area contributed by atoms with E-state index in [-0.39, 0.29) is 0 Å². The second kappa shape index (κ2) is 9.81. The summed E-state index contributed by atoms with van der Waals surface area (Å²) < 4.78 is 0. The molecule has 0 amide bonds. The van der Waals surface area contributed by atoms with Gasteiger partial charge in [-0.15, -0.1) is 0 Å². The molecule has 172 valence electrons. The molecule has 0 fully saturated rings. The maximum atomic E-state index is 3.77. The largest absolute Gasteiger partial charge is 0.353 e. The normalized spacial score (nSPS) is 10.8. The van der Waals surface area contributed by atoms with Crippen molar-refractivity contribution in [3.05, 3.63) is 152 Å². The summed E-state index contributed by atoms with van der Waals surface area (Å²) in [6.45, 7) is 0. The van der Waals surface area contributed by atoms with Crippen LogP contribution in [0.15, 0.2) is 152 Å². The van der Waals surface area contributed by atoms with Gasteiger partial charge in [0.15, 0.2) is 0 Å². The highest BCUT2D eigenvalue weighted by atomic mass is 15.2. The molecule has 6 rings (SSSR count). The maximum absolute atomic E-state index is 3.77. The van der Waals surface area contributed by atoms with Gasteiger partial charge < -0.3 is 10.2 Å². The fourth-order valence-electron chi connectivity index (χ4n) is 4.70. The van der Waals surface area contributed by atoms with Crippen LogP contribution in [0.5, 0.6) is 0 Å². The van der Waals surface area contributed by atoms with Crippen LogP contribution in [0.4, 0.5) is 28.4 Å². The summed E-state index contributed by atoms with van der Waals surface area (Å²) in [5, 5.41) is 6.24. The van der Waals surface area contributed by atoms with Gasteiger partial charge in [-0.1, -0.05) is 103 Å². The van der Waals surface area contributed by atoms with E-state index in [4.69, 9.17) is 0 Å². The first-order chi connectivity index (χ1) is 17.9. The third kappa shape index (κ3) is 4.33. The second-order valence-corrected chi connectivity index (χ2v) is 8.76. The molecule has 0 aromatic heterocycles. The summed E-state index contributed by atoms with van der Waals surface area (Å²) >= 11 is 0. The van der Waals surface area contributed by atoms with Crippen molar-refractivity contribution in [3.63, 3.8) is 0 Å². The Bertz CT molecular complexity index is 1550. The van der Waals surface area contributed by atoms with Gasteiger partial charge in [0.25, 0.3) is 0 Å². The predicted molar refractivity (Wildman–Crippen MR) is 154 cm³/mol. The Labute approximate surface area is 212 Å². The van der Waals surface area contributed by atoms with E-state index < -0.39 is 0 Å². The van der Waals surface area contributed by atoms with Crippen molar-refractivity contribution in [2.45, 2.75) is 0 Å². The van der Waals surface area contributed by atoms with Gasteiger partial charge in [0.1, 0.15) is 0 Å². The molecule has 6 aromatic carbocycles. The number of fused-ring (bicyclic) bond motifs is 1. The van der Waals surface area contributed by atoms with Crippen molar-refractivity contribution in [2.75, 3.05) is 10.2 Å². The van der Waals surface area contributed by atoms with Crippen LogP contribution in [-0.2, 0) is 0 Å². The summed E-state index contributed by atoms with van der Waals surface area (Å²) in [4.78, 5) is 2.32. The van der Waals surface area contributed by atoms with Crippen LogP contribution < -0.4 is 10.2 Å². The van der Waals surface area contributed by atoms with Crippen LogP contribution in [0, 0.1) is 0 Å². The molecule has 0 aliphatic carbocycles. The van der Waals surface area contributed by atoms with Gasteiger partial charge in [-0.2, -0.15) is 0 Å². The molecule has 0 radical (unpaired) electrons. The van der Waals surface area contributed by atoms with Gasteiger partial charge in [0.2, 0.25) is 0 Å². The number of anilines is 5. The zero-order valence-electron chi connectivity index (χ0n) is 19.9. The molecule has 0 atom stereocenters. The average Bonchev–Trinajstić information content (AvgIpc) is 2.95. The van der Waals surface area contributed by atoms with Crippen LogP contribution in [0.25, 0.3) is 21.9 Å². The van der Waals surface area contributed by atoms with Gasteiger partial charge in [-0.05, 0) is 64.9 Å². The van der Waals surface area contributed by atoms with Gasteiger partial charge in [0, 0.05) is 22.6 Å². The van der Waals surface area contributed by atoms with E-state index in [1.165, 1.54) is 16.3 Å². The van der Waals surface area contributed by atoms with E-state index in [0.29, 0.717) is 0 Å². The SMILES string of the molecule is c1ccc(Nc2c(-c3ccc4ccccc4c3)cccc2N(c2ccccc2)c2ccccc2)cc1. The molecule has 0 spiro atoms. The summed E-state index contributed by atoms with van der Waals surface area (Å²) in [7, 11) is 0. The van der Waals surface area contributed by atoms with Gasteiger partial charge in [-0.25, -0.2) is 0 Å². The molecule has 0 bridgehead atoms. The van der Waals surface area contributed by atoms with Crippen LogP contribution in [0.3, 0.4) is 0 Å². The van der Waals surface area contributed by atoms with Crippen LogP contribution >= 0.6 is 0 Å². The molecule has 0 aliphatic rings. The lowest BCUT2D eigenvalue weighted by atomic mass is 9.98. The summed E-state index contributed by atoms with van der Waals surface area (Å²) in [6, 6.07) is 53.2. The highest BCUT2D eigenvalue weighted by molar-refractivity contribution is 5.97. The average molecular weight is 463 g/mol. The van der Waals surface area contributed by atoms with Crippen LogP contribution in [0.2, 0.25) is 0 Å². The van der Waals surface area contributed by atoms with Gasteiger partial charge in [-0.3, -0.25) is 0 Å². The molecule has 0 unspecified atom stereocenters. The lowest BCUT2D eigenvalue weighted by Gasteiger charge is -2.29. The first-order valence-electron chi connectivity index (χ1n) is 12.2. The monoisotopic (exact) mass is 462 g/mol. The number of nitrogens with one attached hydrogen (secondary N) is 1. The molecule has 6 aromatic rings. The van der Waals surface area contributed by atoms with Crippen LogP contribution in [0.1, 0.15) is 0 Å². The first kappa shape index (κ1) is 21.7. The quantitative estimate of drug-likeness (QED) is 0.265. The summed E-state index contributed by atoms with van der Waals surface area (Å²) in [5.74, 6) is 0. The minimum absolute atomic E-state index is 1.05. The molecule has 0 heterocycles. The lowest BCUT2D eigenvalue weighted by Crippen LogP contribution is -2.12. The molecule has 2 nitrogen and oxygen atoms in total. The van der Waals surface area contributed by atoms with Crippen molar-refractivity contribution in [1.82, 2.24) is 0 Å². The minimum atomic E-state index is 1.05. The smallest absolute Gasteiger partial charge is 0.0708 e. The predicted octanol–water partition coefficient (Wildman–Crippen LogP) is 9.72. The Morgan fingerprint density at radius 2 is 1.03 bits per heavy atom. The van der Waals surface area contributed by atoms with Crippen LogP contribution in [-0.4, -0.2) is 0 Å². The molecule has 0 saturated heterocycles. The standard InChI is InChI=1S/C34H26N2/c1-4-15-29(16-5-1)35-34-32(28-24-23-26-13-10-11-14-27(26)25-28)21-12-22-33(34)36(30-17-6-2-7-18-30)31-19-8-3-9-20-31/h1-25,35H. The van der Waals surface area contributed by atoms with E-state index in [2.05, 4.69) is 156 Å². The highest BCUT2D eigenvalue weighted by Gasteiger charge is 2.19. The van der Waals surface area contributed by atoms with Crippen molar-refractivity contribution >= 4 is 39.2 Å². The molecule has 0 aliphatic heterocycles.